The minimum Gasteiger partial charge on any atom is -0.367 e. The first kappa shape index (κ1) is 9.27. The Hall–Kier alpha value is -1.29. The van der Waals surface area contributed by atoms with E-state index >= 15 is 0 Å². The monoisotopic (exact) mass is 193 g/mol. The third-order valence-electron chi connectivity index (χ3n) is 2.58. The number of carbonyl (C=O) groups excluding carboxylic acids is 1. The molecule has 1 aromatic heterocycles. The number of aromatic nitrogens is 1. The molecule has 1 saturated heterocycles. The average Bonchev–Trinajstić information content (AvgIpc) is 2.72. The first-order chi connectivity index (χ1) is 6.75. The topological polar surface area (TPSA) is 62.1 Å². The van der Waals surface area contributed by atoms with Crippen molar-refractivity contribution in [2.24, 2.45) is 5.73 Å². The van der Waals surface area contributed by atoms with Gasteiger partial charge in [-0.2, -0.15) is 0 Å². The van der Waals surface area contributed by atoms with Crippen molar-refractivity contribution < 1.29 is 4.79 Å². The molecule has 0 aliphatic carbocycles. The Morgan fingerprint density at radius 1 is 1.64 bits per heavy atom. The first-order valence-corrected chi connectivity index (χ1v) is 4.91. The van der Waals surface area contributed by atoms with Gasteiger partial charge in [0.15, 0.2) is 0 Å². The number of nitrogens with two attached hydrogens (primary N) is 1. The summed E-state index contributed by atoms with van der Waals surface area (Å²) in [6, 6.07) is 2.06. The van der Waals surface area contributed by atoms with Crippen LogP contribution in [0.2, 0.25) is 0 Å². The van der Waals surface area contributed by atoms with Gasteiger partial charge >= 0.3 is 0 Å². The van der Waals surface area contributed by atoms with Crippen LogP contribution in [-0.2, 0) is 11.2 Å². The Balaban J connectivity index is 1.84. The number of likely N-dealkylation sites (tertiary alicyclic amines) is 1. The highest BCUT2D eigenvalue weighted by atomic mass is 16.2. The van der Waals surface area contributed by atoms with E-state index in [1.54, 1.807) is 0 Å². The maximum atomic E-state index is 11.4. The van der Waals surface area contributed by atoms with Crippen molar-refractivity contribution in [3.63, 3.8) is 0 Å². The van der Waals surface area contributed by atoms with Gasteiger partial charge in [0.05, 0.1) is 0 Å². The van der Waals surface area contributed by atoms with E-state index in [1.807, 2.05) is 23.4 Å². The van der Waals surface area contributed by atoms with E-state index < -0.39 is 0 Å². The Morgan fingerprint density at radius 3 is 3.07 bits per heavy atom. The molecule has 0 radical (unpaired) electrons. The second-order valence-corrected chi connectivity index (χ2v) is 3.77. The average molecular weight is 193 g/mol. The molecule has 1 amide bonds. The normalized spacial score (nSPS) is 21.9. The van der Waals surface area contributed by atoms with Crippen molar-refractivity contribution in [2.45, 2.75) is 18.9 Å². The summed E-state index contributed by atoms with van der Waals surface area (Å²) >= 11 is 0. The number of aromatic amines is 1. The largest absolute Gasteiger partial charge is 0.367 e. The predicted molar refractivity (Wildman–Crippen MR) is 53.7 cm³/mol. The number of rotatable bonds is 3. The van der Waals surface area contributed by atoms with Crippen LogP contribution >= 0.6 is 0 Å². The molecule has 4 heteroatoms. The van der Waals surface area contributed by atoms with Crippen molar-refractivity contribution in [2.75, 3.05) is 13.1 Å². The van der Waals surface area contributed by atoms with Crippen molar-refractivity contribution >= 4 is 5.91 Å². The Morgan fingerprint density at radius 2 is 2.50 bits per heavy atom. The molecule has 0 spiro atoms. The molecule has 1 aromatic rings. The predicted octanol–water partition coefficient (Wildman–Crippen LogP) is 0.117. The molecule has 2 heterocycles. The van der Waals surface area contributed by atoms with Gasteiger partial charge in [-0.05, 0) is 18.1 Å². The second-order valence-electron chi connectivity index (χ2n) is 3.77. The number of amides is 1. The summed E-state index contributed by atoms with van der Waals surface area (Å²) in [5.74, 6) is 0.188. The highest BCUT2D eigenvalue weighted by Gasteiger charge is 2.26. The Bertz CT molecular complexity index is 307. The van der Waals surface area contributed by atoms with Crippen molar-refractivity contribution in [3.8, 4) is 0 Å². The maximum Gasteiger partial charge on any atom is 0.224 e. The summed E-state index contributed by atoms with van der Waals surface area (Å²) in [5.41, 5.74) is 6.93. The van der Waals surface area contributed by atoms with Crippen LogP contribution in [0.5, 0.6) is 0 Å². The summed E-state index contributed by atoms with van der Waals surface area (Å²) in [6.07, 6.45) is 5.27. The molecule has 3 N–H and O–H groups in total. The lowest BCUT2D eigenvalue weighted by Gasteiger charge is -2.14. The van der Waals surface area contributed by atoms with E-state index in [4.69, 9.17) is 5.73 Å². The summed E-state index contributed by atoms with van der Waals surface area (Å²) in [6.45, 7) is 1.49. The zero-order chi connectivity index (χ0) is 9.97. The van der Waals surface area contributed by atoms with E-state index in [9.17, 15) is 4.79 Å². The minimum absolute atomic E-state index is 0.0359. The first-order valence-electron chi connectivity index (χ1n) is 4.91. The number of hydrogen-bond donors (Lipinski definition) is 2. The van der Waals surface area contributed by atoms with E-state index in [1.165, 1.54) is 5.56 Å². The Labute approximate surface area is 83.1 Å². The van der Waals surface area contributed by atoms with Crippen LogP contribution in [0, 0.1) is 0 Å². The number of nitrogens with one attached hydrogen (secondary N) is 1. The molecule has 1 atom stereocenters. The molecule has 0 saturated carbocycles. The van der Waals surface area contributed by atoms with Gasteiger partial charge in [0.2, 0.25) is 5.91 Å². The van der Waals surface area contributed by atoms with Crippen LogP contribution in [-0.4, -0.2) is 34.9 Å². The van der Waals surface area contributed by atoms with Gasteiger partial charge in [-0.1, -0.05) is 0 Å². The third kappa shape index (κ3) is 1.96. The third-order valence-corrected chi connectivity index (χ3v) is 2.58. The van der Waals surface area contributed by atoms with Crippen molar-refractivity contribution in [1.82, 2.24) is 9.88 Å². The molecular weight excluding hydrogens is 178 g/mol. The van der Waals surface area contributed by atoms with Crippen LogP contribution < -0.4 is 5.73 Å². The summed E-state index contributed by atoms with van der Waals surface area (Å²) < 4.78 is 0. The van der Waals surface area contributed by atoms with Crippen molar-refractivity contribution in [1.29, 1.82) is 0 Å². The summed E-state index contributed by atoms with van der Waals surface area (Å²) in [7, 11) is 0. The van der Waals surface area contributed by atoms with Gasteiger partial charge in [-0.15, -0.1) is 0 Å². The maximum absolute atomic E-state index is 11.4. The molecule has 1 aliphatic rings. The SMILES string of the molecule is NC1CC(=O)N(CCc2cc[nH]c2)C1. The molecule has 2 rings (SSSR count). The van der Waals surface area contributed by atoms with Crippen LogP contribution in [0.4, 0.5) is 0 Å². The van der Waals surface area contributed by atoms with Crippen LogP contribution in [0.1, 0.15) is 12.0 Å². The van der Waals surface area contributed by atoms with Gasteiger partial charge in [0, 0.05) is 37.9 Å². The van der Waals surface area contributed by atoms with E-state index in [2.05, 4.69) is 4.98 Å². The smallest absolute Gasteiger partial charge is 0.224 e. The standard InChI is InChI=1S/C10H15N3O/c11-9-5-10(14)13(7-9)4-2-8-1-3-12-6-8/h1,3,6,9,12H,2,4-5,7,11H2. The van der Waals surface area contributed by atoms with Gasteiger partial charge in [-0.3, -0.25) is 4.79 Å². The molecular formula is C10H15N3O. The van der Waals surface area contributed by atoms with Crippen LogP contribution in [0.25, 0.3) is 0 Å². The lowest BCUT2D eigenvalue weighted by atomic mass is 10.2. The number of nitrogens with zero attached hydrogens (tertiary/aromatic N) is 1. The number of carbonyl (C=O) groups is 1. The number of H-pyrrole nitrogens is 1. The second kappa shape index (κ2) is 3.84. The molecule has 1 aliphatic heterocycles. The molecule has 1 fully saturated rings. The van der Waals surface area contributed by atoms with Gasteiger partial charge in [0.1, 0.15) is 0 Å². The summed E-state index contributed by atoms with van der Waals surface area (Å²) in [4.78, 5) is 16.2. The number of hydrogen-bond acceptors (Lipinski definition) is 2. The Kier molecular flexibility index (Phi) is 2.54. The molecule has 0 aromatic carbocycles. The highest BCUT2D eigenvalue weighted by molar-refractivity contribution is 5.79. The fraction of sp³-hybridized carbons (Fsp3) is 0.500. The zero-order valence-corrected chi connectivity index (χ0v) is 8.07. The molecule has 4 nitrogen and oxygen atoms in total. The summed E-state index contributed by atoms with van der Waals surface area (Å²) in [5, 5.41) is 0. The minimum atomic E-state index is 0.0359. The van der Waals surface area contributed by atoms with Crippen LogP contribution in [0.3, 0.4) is 0 Å². The molecule has 76 valence electrons. The lowest BCUT2D eigenvalue weighted by molar-refractivity contribution is -0.127. The molecule has 1 unspecified atom stereocenters. The van der Waals surface area contributed by atoms with Gasteiger partial charge in [-0.25, -0.2) is 0 Å². The van der Waals surface area contributed by atoms with E-state index in [0.29, 0.717) is 13.0 Å². The fourth-order valence-electron chi connectivity index (χ4n) is 1.80. The van der Waals surface area contributed by atoms with Crippen LogP contribution in [0.15, 0.2) is 18.5 Å². The molecule has 0 bridgehead atoms. The molecule has 14 heavy (non-hydrogen) atoms. The van der Waals surface area contributed by atoms with E-state index in [0.717, 1.165) is 13.0 Å². The van der Waals surface area contributed by atoms with Crippen molar-refractivity contribution in [3.05, 3.63) is 24.0 Å². The fourth-order valence-corrected chi connectivity index (χ4v) is 1.80. The quantitative estimate of drug-likeness (QED) is 0.716. The van der Waals surface area contributed by atoms with Gasteiger partial charge < -0.3 is 15.6 Å². The lowest BCUT2D eigenvalue weighted by Crippen LogP contribution is -2.30. The highest BCUT2D eigenvalue weighted by Crippen LogP contribution is 2.10. The van der Waals surface area contributed by atoms with E-state index in [-0.39, 0.29) is 11.9 Å². The van der Waals surface area contributed by atoms with Gasteiger partial charge in [0.25, 0.3) is 0 Å². The zero-order valence-electron chi connectivity index (χ0n) is 8.07.